The van der Waals surface area contributed by atoms with Gasteiger partial charge in [-0.25, -0.2) is 9.97 Å². The van der Waals surface area contributed by atoms with Crippen LogP contribution in [0.5, 0.6) is 0 Å². The van der Waals surface area contributed by atoms with E-state index >= 15 is 0 Å². The van der Waals surface area contributed by atoms with Crippen LogP contribution in [0.2, 0.25) is 0 Å². The highest BCUT2D eigenvalue weighted by Crippen LogP contribution is 2.28. The molecular weight excluding hydrogens is 230 g/mol. The zero-order chi connectivity index (χ0) is 11.8. The monoisotopic (exact) mass is 245 g/mol. The first-order valence-electron chi connectivity index (χ1n) is 5.90. The molecule has 0 atom stereocenters. The molecule has 3 nitrogen and oxygen atoms in total. The van der Waals surface area contributed by atoms with Crippen molar-refractivity contribution in [2.45, 2.75) is 32.9 Å². The van der Waals surface area contributed by atoms with E-state index in [0.29, 0.717) is 5.92 Å². The van der Waals surface area contributed by atoms with Crippen molar-refractivity contribution in [1.82, 2.24) is 15.3 Å². The number of thiophene rings is 1. The van der Waals surface area contributed by atoms with Gasteiger partial charge in [-0.3, -0.25) is 0 Å². The van der Waals surface area contributed by atoms with Gasteiger partial charge < -0.3 is 5.32 Å². The number of rotatable bonds is 2. The standard InChI is InChI=1S/C13H15N3S/c1-8(2)12-9-6-14-7-10(9)15-13(16-12)11-4-3-5-17-11/h3-5,8,14H,6-7H2,1-2H3. The van der Waals surface area contributed by atoms with Crippen molar-refractivity contribution in [3.8, 4) is 10.7 Å². The average molecular weight is 245 g/mol. The zero-order valence-corrected chi connectivity index (χ0v) is 10.8. The van der Waals surface area contributed by atoms with Crippen molar-refractivity contribution in [3.63, 3.8) is 0 Å². The maximum Gasteiger partial charge on any atom is 0.169 e. The van der Waals surface area contributed by atoms with Gasteiger partial charge in [0.25, 0.3) is 0 Å². The molecule has 0 fully saturated rings. The summed E-state index contributed by atoms with van der Waals surface area (Å²) in [5.41, 5.74) is 3.68. The number of aromatic nitrogens is 2. The fourth-order valence-corrected chi connectivity index (χ4v) is 2.85. The molecule has 88 valence electrons. The molecule has 17 heavy (non-hydrogen) atoms. The van der Waals surface area contributed by atoms with E-state index in [9.17, 15) is 0 Å². The Kier molecular flexibility index (Phi) is 2.68. The van der Waals surface area contributed by atoms with E-state index in [-0.39, 0.29) is 0 Å². The molecule has 0 unspecified atom stereocenters. The highest BCUT2D eigenvalue weighted by molar-refractivity contribution is 7.13. The lowest BCUT2D eigenvalue weighted by Gasteiger charge is -2.11. The van der Waals surface area contributed by atoms with Crippen LogP contribution in [0, 0.1) is 0 Å². The lowest BCUT2D eigenvalue weighted by atomic mass is 10.0. The van der Waals surface area contributed by atoms with E-state index in [0.717, 1.165) is 23.8 Å². The average Bonchev–Trinajstić information content (AvgIpc) is 2.98. The summed E-state index contributed by atoms with van der Waals surface area (Å²) in [7, 11) is 0. The van der Waals surface area contributed by atoms with E-state index in [4.69, 9.17) is 4.98 Å². The van der Waals surface area contributed by atoms with Gasteiger partial charge in [-0.1, -0.05) is 19.9 Å². The van der Waals surface area contributed by atoms with Crippen molar-refractivity contribution >= 4 is 11.3 Å². The van der Waals surface area contributed by atoms with Crippen LogP contribution in [0.4, 0.5) is 0 Å². The Morgan fingerprint density at radius 3 is 2.88 bits per heavy atom. The Morgan fingerprint density at radius 1 is 1.29 bits per heavy atom. The molecule has 0 bridgehead atoms. The highest BCUT2D eigenvalue weighted by atomic mass is 32.1. The quantitative estimate of drug-likeness (QED) is 0.884. The third-order valence-electron chi connectivity index (χ3n) is 3.01. The van der Waals surface area contributed by atoms with Crippen molar-refractivity contribution in [1.29, 1.82) is 0 Å². The lowest BCUT2D eigenvalue weighted by molar-refractivity contribution is 0.746. The number of fused-ring (bicyclic) bond motifs is 1. The predicted octanol–water partition coefficient (Wildman–Crippen LogP) is 2.93. The molecule has 0 saturated carbocycles. The summed E-state index contributed by atoms with van der Waals surface area (Å²) in [5, 5.41) is 5.43. The number of hydrogen-bond acceptors (Lipinski definition) is 4. The molecule has 1 N–H and O–H groups in total. The van der Waals surface area contributed by atoms with Gasteiger partial charge in [0.05, 0.1) is 16.3 Å². The van der Waals surface area contributed by atoms with E-state index in [1.807, 2.05) is 6.07 Å². The van der Waals surface area contributed by atoms with Crippen LogP contribution in [0.3, 0.4) is 0 Å². The van der Waals surface area contributed by atoms with Gasteiger partial charge in [-0.05, 0) is 17.4 Å². The Balaban J connectivity index is 2.16. The zero-order valence-electron chi connectivity index (χ0n) is 10.0. The molecule has 0 aromatic carbocycles. The van der Waals surface area contributed by atoms with Crippen LogP contribution < -0.4 is 5.32 Å². The number of nitrogens with one attached hydrogen (secondary N) is 1. The summed E-state index contributed by atoms with van der Waals surface area (Å²) >= 11 is 1.70. The maximum atomic E-state index is 4.75. The largest absolute Gasteiger partial charge is 0.307 e. The molecule has 0 spiro atoms. The molecule has 0 amide bonds. The highest BCUT2D eigenvalue weighted by Gasteiger charge is 2.21. The second-order valence-electron chi connectivity index (χ2n) is 4.59. The first-order valence-corrected chi connectivity index (χ1v) is 6.78. The van der Waals surface area contributed by atoms with Gasteiger partial charge in [-0.2, -0.15) is 0 Å². The summed E-state index contributed by atoms with van der Waals surface area (Å²) in [5.74, 6) is 1.33. The second-order valence-corrected chi connectivity index (χ2v) is 5.54. The maximum absolute atomic E-state index is 4.75. The smallest absolute Gasteiger partial charge is 0.169 e. The van der Waals surface area contributed by atoms with Crippen LogP contribution in [0.25, 0.3) is 10.7 Å². The van der Waals surface area contributed by atoms with E-state index in [1.54, 1.807) is 11.3 Å². The van der Waals surface area contributed by atoms with Gasteiger partial charge in [0.15, 0.2) is 5.82 Å². The van der Waals surface area contributed by atoms with Crippen LogP contribution in [0.15, 0.2) is 17.5 Å². The molecule has 0 aliphatic carbocycles. The van der Waals surface area contributed by atoms with Gasteiger partial charge in [0.1, 0.15) is 0 Å². The normalized spacial score (nSPS) is 14.3. The SMILES string of the molecule is CC(C)c1nc(-c2cccs2)nc2c1CNC2. The van der Waals surface area contributed by atoms with Gasteiger partial charge >= 0.3 is 0 Å². The molecule has 4 heteroatoms. The number of hydrogen-bond donors (Lipinski definition) is 1. The summed E-state index contributed by atoms with van der Waals surface area (Å²) in [6.45, 7) is 6.17. The summed E-state index contributed by atoms with van der Waals surface area (Å²) < 4.78 is 0. The van der Waals surface area contributed by atoms with Crippen molar-refractivity contribution in [2.24, 2.45) is 0 Å². The second kappa shape index (κ2) is 4.20. The molecule has 1 aliphatic heterocycles. The molecule has 2 aromatic heterocycles. The van der Waals surface area contributed by atoms with Crippen molar-refractivity contribution in [2.75, 3.05) is 0 Å². The summed E-state index contributed by atoms with van der Waals surface area (Å²) in [4.78, 5) is 10.6. The van der Waals surface area contributed by atoms with E-state index in [1.165, 1.54) is 17.0 Å². The molecule has 1 aliphatic rings. The minimum absolute atomic E-state index is 0.449. The Labute approximate surface area is 105 Å². The topological polar surface area (TPSA) is 37.8 Å². The molecule has 3 rings (SSSR count). The van der Waals surface area contributed by atoms with Crippen molar-refractivity contribution in [3.05, 3.63) is 34.5 Å². The Hall–Kier alpha value is -1.26. The van der Waals surface area contributed by atoms with Crippen LogP contribution >= 0.6 is 11.3 Å². The number of nitrogens with zero attached hydrogens (tertiary/aromatic N) is 2. The minimum atomic E-state index is 0.449. The van der Waals surface area contributed by atoms with Crippen LogP contribution in [-0.2, 0) is 13.1 Å². The minimum Gasteiger partial charge on any atom is -0.307 e. The van der Waals surface area contributed by atoms with Gasteiger partial charge in [-0.15, -0.1) is 11.3 Å². The fourth-order valence-electron chi connectivity index (χ4n) is 2.19. The van der Waals surface area contributed by atoms with Gasteiger partial charge in [0, 0.05) is 18.7 Å². The third kappa shape index (κ3) is 1.87. The van der Waals surface area contributed by atoms with Crippen LogP contribution in [-0.4, -0.2) is 9.97 Å². The summed E-state index contributed by atoms with van der Waals surface area (Å²) in [6.07, 6.45) is 0. The predicted molar refractivity (Wildman–Crippen MR) is 70.0 cm³/mol. The van der Waals surface area contributed by atoms with E-state index < -0.39 is 0 Å². The lowest BCUT2D eigenvalue weighted by Crippen LogP contribution is -2.04. The Bertz CT molecular complexity index is 532. The Morgan fingerprint density at radius 2 is 2.18 bits per heavy atom. The van der Waals surface area contributed by atoms with Gasteiger partial charge in [0.2, 0.25) is 0 Å². The molecular formula is C13H15N3S. The first-order chi connectivity index (χ1) is 8.25. The van der Waals surface area contributed by atoms with E-state index in [2.05, 4.69) is 35.6 Å². The molecule has 0 radical (unpaired) electrons. The molecule has 0 saturated heterocycles. The van der Waals surface area contributed by atoms with Crippen molar-refractivity contribution < 1.29 is 0 Å². The first kappa shape index (κ1) is 10.9. The third-order valence-corrected chi connectivity index (χ3v) is 3.87. The van der Waals surface area contributed by atoms with Crippen LogP contribution in [0.1, 0.15) is 36.7 Å². The summed E-state index contributed by atoms with van der Waals surface area (Å²) in [6, 6.07) is 4.13. The molecule has 2 aromatic rings. The fraction of sp³-hybridized carbons (Fsp3) is 0.385. The molecule has 3 heterocycles.